The van der Waals surface area contributed by atoms with E-state index in [0.29, 0.717) is 47.8 Å². The smallest absolute Gasteiger partial charge is 0.330 e. The molecular weight excluding hydrogens is 446 g/mol. The molecule has 2 aromatic rings. The zero-order valence-corrected chi connectivity index (χ0v) is 21.1. The third-order valence-electron chi connectivity index (χ3n) is 6.22. The molecule has 0 amide bonds. The van der Waals surface area contributed by atoms with Gasteiger partial charge < -0.3 is 10.5 Å². The van der Waals surface area contributed by atoms with Gasteiger partial charge in [-0.05, 0) is 52.7 Å². The van der Waals surface area contributed by atoms with Gasteiger partial charge in [0.05, 0.1) is 25.9 Å². The van der Waals surface area contributed by atoms with Gasteiger partial charge in [-0.25, -0.2) is 4.79 Å². The number of fused-ring (bicyclic) bond motifs is 1. The molecule has 0 fully saturated rings. The van der Waals surface area contributed by atoms with Gasteiger partial charge in [-0.3, -0.25) is 24.3 Å². The van der Waals surface area contributed by atoms with Gasteiger partial charge in [0, 0.05) is 25.2 Å². The minimum Gasteiger partial charge on any atom is -0.495 e. The summed E-state index contributed by atoms with van der Waals surface area (Å²) in [6, 6.07) is 0.647. The largest absolute Gasteiger partial charge is 0.495 e. The Hall–Kier alpha value is -2.56. The Labute approximate surface area is 198 Å². The number of nitrogens with zero attached hydrogens (tertiary/aromatic N) is 6. The number of hydrogen-bond acceptors (Lipinski definition) is 8. The molecule has 2 aromatic heterocycles. The Morgan fingerprint density at radius 2 is 1.82 bits per heavy atom. The highest BCUT2D eigenvalue weighted by Gasteiger charge is 2.26. The summed E-state index contributed by atoms with van der Waals surface area (Å²) in [5.74, 6) is 0.572. The first-order chi connectivity index (χ1) is 15.5. The zero-order valence-electron chi connectivity index (χ0n) is 20.4. The molecule has 3 heterocycles. The van der Waals surface area contributed by atoms with Gasteiger partial charge in [-0.15, -0.1) is 0 Å². The number of imidazole rings is 1. The molecule has 0 saturated carbocycles. The highest BCUT2D eigenvalue weighted by atomic mass is 35.5. The fourth-order valence-electron chi connectivity index (χ4n) is 4.49. The Bertz CT molecular complexity index is 1150. The number of anilines is 1. The van der Waals surface area contributed by atoms with Crippen LogP contribution in [-0.4, -0.2) is 66.6 Å². The normalized spacial score (nSPS) is 15.2. The summed E-state index contributed by atoms with van der Waals surface area (Å²) in [6.07, 6.45) is 0. The van der Waals surface area contributed by atoms with Crippen LogP contribution in [-0.2, 0) is 17.8 Å². The van der Waals surface area contributed by atoms with Crippen molar-refractivity contribution in [3.05, 3.63) is 38.2 Å². The van der Waals surface area contributed by atoms with Crippen LogP contribution in [0.3, 0.4) is 0 Å². The Balaban J connectivity index is 2.11. The van der Waals surface area contributed by atoms with E-state index in [0.717, 1.165) is 16.2 Å². The monoisotopic (exact) mass is 479 g/mol. The van der Waals surface area contributed by atoms with Gasteiger partial charge in [0.2, 0.25) is 5.95 Å². The number of nitrogens with two attached hydrogens (primary N) is 1. The van der Waals surface area contributed by atoms with E-state index in [2.05, 4.69) is 42.6 Å². The van der Waals surface area contributed by atoms with E-state index in [4.69, 9.17) is 22.1 Å². The molecule has 0 aliphatic carbocycles. The highest BCUT2D eigenvalue weighted by Crippen LogP contribution is 2.28. The van der Waals surface area contributed by atoms with Crippen molar-refractivity contribution in [2.45, 2.75) is 66.7 Å². The van der Waals surface area contributed by atoms with Gasteiger partial charge in [-0.2, -0.15) is 9.97 Å². The number of aromatic nitrogens is 4. The van der Waals surface area contributed by atoms with Gasteiger partial charge in [0.1, 0.15) is 11.3 Å². The molecule has 0 radical (unpaired) electrons. The summed E-state index contributed by atoms with van der Waals surface area (Å²) >= 11 is 6.45. The third kappa shape index (κ3) is 4.73. The van der Waals surface area contributed by atoms with Crippen molar-refractivity contribution in [3.63, 3.8) is 0 Å². The quantitative estimate of drug-likeness (QED) is 0.555. The lowest BCUT2D eigenvalue weighted by Gasteiger charge is -2.30. The summed E-state index contributed by atoms with van der Waals surface area (Å²) < 4.78 is 8.63. The maximum absolute atomic E-state index is 13.6. The van der Waals surface area contributed by atoms with Crippen molar-refractivity contribution in [1.29, 1.82) is 0 Å². The van der Waals surface area contributed by atoms with Crippen molar-refractivity contribution in [2.75, 3.05) is 25.9 Å². The number of rotatable bonds is 8. The fourth-order valence-corrected chi connectivity index (χ4v) is 4.76. The lowest BCUT2D eigenvalue weighted by molar-refractivity contribution is -0.0543. The molecule has 33 heavy (non-hydrogen) atoms. The predicted molar refractivity (Wildman–Crippen MR) is 129 cm³/mol. The number of hydrogen-bond donors (Lipinski definition) is 2. The second-order valence-electron chi connectivity index (χ2n) is 8.90. The van der Waals surface area contributed by atoms with Crippen molar-refractivity contribution in [1.82, 2.24) is 29.1 Å². The summed E-state index contributed by atoms with van der Waals surface area (Å²) in [5, 5.41) is 11.6. The first-order valence-corrected chi connectivity index (χ1v) is 11.4. The average molecular weight is 480 g/mol. The number of halogens is 1. The molecule has 0 atom stereocenters. The maximum Gasteiger partial charge on any atom is 0.330 e. The second kappa shape index (κ2) is 9.74. The topological polar surface area (TPSA) is 115 Å². The molecule has 3 N–H and O–H groups in total. The van der Waals surface area contributed by atoms with E-state index in [1.807, 2.05) is 6.92 Å². The Morgan fingerprint density at radius 1 is 1.18 bits per heavy atom. The molecule has 11 heteroatoms. The number of ether oxygens (including phenoxy) is 1. The minimum atomic E-state index is -0.255. The molecular formula is C22H34ClN7O3. The van der Waals surface area contributed by atoms with Crippen LogP contribution in [0.15, 0.2) is 27.4 Å². The summed E-state index contributed by atoms with van der Waals surface area (Å²) in [4.78, 5) is 24.3. The van der Waals surface area contributed by atoms with Gasteiger partial charge in [0.25, 0.3) is 0 Å². The predicted octanol–water partition coefficient (Wildman–Crippen LogP) is 2.85. The first-order valence-electron chi connectivity index (χ1n) is 11.1. The highest BCUT2D eigenvalue weighted by molar-refractivity contribution is 6.33. The van der Waals surface area contributed by atoms with Crippen LogP contribution in [0.4, 0.5) is 5.95 Å². The van der Waals surface area contributed by atoms with E-state index in [1.165, 1.54) is 4.57 Å². The van der Waals surface area contributed by atoms with E-state index < -0.39 is 0 Å². The van der Waals surface area contributed by atoms with Crippen LogP contribution >= 0.6 is 11.6 Å². The Morgan fingerprint density at radius 3 is 2.39 bits per heavy atom. The van der Waals surface area contributed by atoms with Crippen LogP contribution in [0.2, 0.25) is 5.15 Å². The van der Waals surface area contributed by atoms with Crippen LogP contribution in [0, 0.1) is 0 Å². The van der Waals surface area contributed by atoms with Crippen LogP contribution in [0.1, 0.15) is 41.5 Å². The first kappa shape index (κ1) is 25.1. The second-order valence-corrected chi connectivity index (χ2v) is 9.25. The average Bonchev–Trinajstić information content (AvgIpc) is 2.97. The van der Waals surface area contributed by atoms with Crippen LogP contribution < -0.4 is 11.4 Å². The molecule has 0 bridgehead atoms. The summed E-state index contributed by atoms with van der Waals surface area (Å²) in [7, 11) is 1.56. The molecule has 10 nitrogen and oxygen atoms in total. The summed E-state index contributed by atoms with van der Waals surface area (Å²) in [6.45, 7) is 13.7. The van der Waals surface area contributed by atoms with Gasteiger partial charge >= 0.3 is 5.69 Å². The lowest BCUT2D eigenvalue weighted by Crippen LogP contribution is -2.40. The molecule has 1 aliphatic rings. The van der Waals surface area contributed by atoms with E-state index in [9.17, 15) is 10.0 Å². The van der Waals surface area contributed by atoms with Crippen molar-refractivity contribution in [3.8, 4) is 0 Å². The number of nitrogen functional groups attached to an aromatic ring is 1. The lowest BCUT2D eigenvalue weighted by atomic mass is 10.0. The fraction of sp³-hybridized carbons (Fsp3) is 0.591. The van der Waals surface area contributed by atoms with Crippen molar-refractivity contribution >= 4 is 28.7 Å². The standard InChI is InChI=1S/C22H34ClN7O3/c1-12(2)27(13(3)4)8-9-28-17-19(23)25-21(24)26-20(17)29(22(28)31)10-16-11-30(32)15(6)18(33-7)14(16)5/h12-13,32H,8-11H2,1-7H3,(H2,24,25,26). The molecule has 0 spiro atoms. The molecule has 182 valence electrons. The van der Waals surface area contributed by atoms with Gasteiger partial charge in [0.15, 0.2) is 10.8 Å². The van der Waals surface area contributed by atoms with Crippen molar-refractivity contribution < 1.29 is 9.94 Å². The zero-order chi connectivity index (χ0) is 24.6. The minimum absolute atomic E-state index is 0.00385. The molecule has 0 saturated heterocycles. The number of methoxy groups -OCH3 is 1. The van der Waals surface area contributed by atoms with E-state index in [1.54, 1.807) is 18.6 Å². The number of hydroxylamine groups is 2. The third-order valence-corrected chi connectivity index (χ3v) is 6.48. The Kier molecular flexibility index (Phi) is 7.40. The summed E-state index contributed by atoms with van der Waals surface area (Å²) in [5.41, 5.74) is 8.74. The SMILES string of the molecule is COC1=C(C)N(O)CC(Cn2c(=O)n(CCN(C(C)C)C(C)C)c3c(Cl)nc(N)nc32)=C1C. The maximum atomic E-state index is 13.6. The van der Waals surface area contributed by atoms with E-state index >= 15 is 0 Å². The molecule has 1 aliphatic heterocycles. The van der Waals surface area contributed by atoms with Gasteiger partial charge in [-0.1, -0.05) is 11.6 Å². The van der Waals surface area contributed by atoms with E-state index in [-0.39, 0.29) is 29.9 Å². The number of allylic oxidation sites excluding steroid dienone is 2. The van der Waals surface area contributed by atoms with Crippen LogP contribution in [0.25, 0.3) is 11.2 Å². The van der Waals surface area contributed by atoms with Crippen LogP contribution in [0.5, 0.6) is 0 Å². The molecule has 3 rings (SSSR count). The van der Waals surface area contributed by atoms with Crippen molar-refractivity contribution in [2.24, 2.45) is 0 Å². The molecule has 0 aromatic carbocycles. The molecule has 0 unspecified atom stereocenters.